The Morgan fingerprint density at radius 1 is 1.18 bits per heavy atom. The van der Waals surface area contributed by atoms with Crippen LogP contribution in [0.3, 0.4) is 0 Å². The van der Waals surface area contributed by atoms with Gasteiger partial charge in [0.15, 0.2) is 0 Å². The molecule has 0 spiro atoms. The Bertz CT molecular complexity index is 716. The van der Waals surface area contributed by atoms with Gasteiger partial charge in [-0.3, -0.25) is 0 Å². The maximum absolute atomic E-state index is 3.61. The first-order chi connectivity index (χ1) is 8.06. The summed E-state index contributed by atoms with van der Waals surface area (Å²) in [6.07, 6.45) is 3.60. The molecule has 0 radical (unpaired) electrons. The number of hydrogen-bond donors (Lipinski definition) is 1. The van der Waals surface area contributed by atoms with Gasteiger partial charge >= 0.3 is 0 Å². The number of aromatic nitrogens is 1. The predicted octanol–water partition coefficient (Wildman–Crippen LogP) is 2.78. The average Bonchev–Trinajstić information content (AvgIpc) is 2.58. The van der Waals surface area contributed by atoms with Crippen LogP contribution in [0, 0.1) is 19.8 Å². The lowest BCUT2D eigenvalue weighted by Crippen LogP contribution is -2.29. The van der Waals surface area contributed by atoms with Crippen molar-refractivity contribution in [3.05, 3.63) is 33.8 Å². The van der Waals surface area contributed by atoms with Crippen molar-refractivity contribution in [1.82, 2.24) is 4.98 Å². The maximum atomic E-state index is 3.61. The van der Waals surface area contributed by atoms with Crippen molar-refractivity contribution >= 4 is 22.6 Å². The molecule has 17 heavy (non-hydrogen) atoms. The largest absolute Gasteiger partial charge is 0.354 e. The zero-order valence-electron chi connectivity index (χ0n) is 11.0. The van der Waals surface area contributed by atoms with Crippen LogP contribution in [0.2, 0.25) is 0 Å². The first-order valence-electron chi connectivity index (χ1n) is 6.37. The Balaban J connectivity index is 2.58. The Morgan fingerprint density at radius 2 is 1.94 bits per heavy atom. The Morgan fingerprint density at radius 3 is 2.71 bits per heavy atom. The van der Waals surface area contributed by atoms with Gasteiger partial charge in [-0.2, -0.15) is 0 Å². The number of nitrogens with one attached hydrogen (secondary N) is 1. The van der Waals surface area contributed by atoms with Crippen LogP contribution in [-0.2, 0) is 0 Å². The van der Waals surface area contributed by atoms with Crippen molar-refractivity contribution in [1.29, 1.82) is 0 Å². The second-order valence-electron chi connectivity index (χ2n) is 5.55. The van der Waals surface area contributed by atoms with Gasteiger partial charge in [0.05, 0.1) is 0 Å². The second kappa shape index (κ2) is 3.49. The van der Waals surface area contributed by atoms with Gasteiger partial charge in [-0.15, -0.1) is 0 Å². The lowest BCUT2D eigenvalue weighted by atomic mass is 9.95. The van der Waals surface area contributed by atoms with Gasteiger partial charge < -0.3 is 4.98 Å². The van der Waals surface area contributed by atoms with Crippen LogP contribution < -0.4 is 10.6 Å². The highest BCUT2D eigenvalue weighted by molar-refractivity contribution is 5.85. The first-order valence-corrected chi connectivity index (χ1v) is 6.37. The third-order valence-electron chi connectivity index (χ3n) is 3.80. The second-order valence-corrected chi connectivity index (χ2v) is 5.55. The van der Waals surface area contributed by atoms with E-state index < -0.39 is 0 Å². The zero-order chi connectivity index (χ0) is 12.2. The number of H-pyrrole nitrogens is 1. The van der Waals surface area contributed by atoms with Crippen molar-refractivity contribution < 1.29 is 0 Å². The highest BCUT2D eigenvalue weighted by Gasteiger charge is 2.12. The number of aryl methyl sites for hydroxylation is 2. The van der Waals surface area contributed by atoms with Crippen molar-refractivity contribution in [2.24, 2.45) is 5.92 Å². The van der Waals surface area contributed by atoms with Crippen molar-refractivity contribution in [3.8, 4) is 0 Å². The van der Waals surface area contributed by atoms with Crippen LogP contribution in [0.1, 0.15) is 31.4 Å². The van der Waals surface area contributed by atoms with E-state index in [1.165, 1.54) is 44.6 Å². The minimum atomic E-state index is 0.655. The molecule has 1 aliphatic rings. The summed E-state index contributed by atoms with van der Waals surface area (Å²) in [6, 6.07) is 4.56. The molecule has 88 valence electrons. The highest BCUT2D eigenvalue weighted by Crippen LogP contribution is 2.19. The third kappa shape index (κ3) is 1.53. The van der Waals surface area contributed by atoms with E-state index in [-0.39, 0.29) is 0 Å². The quantitative estimate of drug-likeness (QED) is 0.709. The molecule has 0 saturated heterocycles. The summed E-state index contributed by atoms with van der Waals surface area (Å²) in [5.74, 6) is 0.655. The van der Waals surface area contributed by atoms with Gasteiger partial charge in [-0.25, -0.2) is 0 Å². The zero-order valence-corrected chi connectivity index (χ0v) is 11.0. The normalized spacial score (nSPS) is 19.3. The molecule has 0 fully saturated rings. The number of benzene rings is 1. The minimum absolute atomic E-state index is 0.655. The van der Waals surface area contributed by atoms with Gasteiger partial charge in [0.1, 0.15) is 0 Å². The van der Waals surface area contributed by atoms with Gasteiger partial charge in [-0.05, 0) is 50.3 Å². The van der Waals surface area contributed by atoms with Crippen molar-refractivity contribution in [3.63, 3.8) is 0 Å². The first kappa shape index (κ1) is 10.6. The van der Waals surface area contributed by atoms with E-state index in [1.54, 1.807) is 0 Å². The highest BCUT2D eigenvalue weighted by atomic mass is 14.7. The summed E-state index contributed by atoms with van der Waals surface area (Å²) in [5.41, 5.74) is 5.50. The van der Waals surface area contributed by atoms with E-state index in [0.29, 0.717) is 5.92 Å². The molecule has 0 aliphatic heterocycles. The van der Waals surface area contributed by atoms with E-state index in [1.807, 2.05) is 0 Å². The summed E-state index contributed by atoms with van der Waals surface area (Å²) < 4.78 is 0. The molecule has 0 saturated carbocycles. The molecule has 1 nitrogen and oxygen atoms in total. The molecular weight excluding hydrogens is 206 g/mol. The Hall–Kier alpha value is -1.50. The Kier molecular flexibility index (Phi) is 2.19. The summed E-state index contributed by atoms with van der Waals surface area (Å²) >= 11 is 0. The lowest BCUT2D eigenvalue weighted by molar-refractivity contribution is 0.779. The molecule has 1 heteroatoms. The van der Waals surface area contributed by atoms with E-state index >= 15 is 0 Å². The molecule has 1 aromatic carbocycles. The Labute approximate surface area is 102 Å². The van der Waals surface area contributed by atoms with E-state index in [2.05, 4.69) is 50.9 Å². The van der Waals surface area contributed by atoms with Crippen LogP contribution in [0.4, 0.5) is 0 Å². The van der Waals surface area contributed by atoms with E-state index in [0.717, 1.165) is 0 Å². The summed E-state index contributed by atoms with van der Waals surface area (Å²) in [5, 5.41) is 4.17. The predicted molar refractivity (Wildman–Crippen MR) is 74.4 cm³/mol. The van der Waals surface area contributed by atoms with Crippen molar-refractivity contribution in [2.45, 2.75) is 34.1 Å². The van der Waals surface area contributed by atoms with Crippen molar-refractivity contribution in [2.75, 3.05) is 0 Å². The molecule has 1 aliphatic carbocycles. The molecular formula is C16H19N. The molecule has 0 amide bonds. The van der Waals surface area contributed by atoms with E-state index in [4.69, 9.17) is 0 Å². The number of hydrogen-bond acceptors (Lipinski definition) is 0. The van der Waals surface area contributed by atoms with Gasteiger partial charge in [0, 0.05) is 21.5 Å². The maximum Gasteiger partial charge on any atom is 0.0494 e. The molecule has 1 aromatic heterocycles. The summed E-state index contributed by atoms with van der Waals surface area (Å²) in [6.45, 7) is 8.92. The number of fused-ring (bicyclic) bond motifs is 3. The van der Waals surface area contributed by atoms with Gasteiger partial charge in [-0.1, -0.05) is 24.6 Å². The fourth-order valence-corrected chi connectivity index (χ4v) is 3.11. The average molecular weight is 225 g/mol. The number of rotatable bonds is 0. The van der Waals surface area contributed by atoms with Crippen LogP contribution in [-0.4, -0.2) is 4.98 Å². The molecule has 1 N–H and O–H groups in total. The summed E-state index contributed by atoms with van der Waals surface area (Å²) in [4.78, 5) is 3.61. The lowest BCUT2D eigenvalue weighted by Gasteiger charge is -2.10. The molecule has 0 bridgehead atoms. The topological polar surface area (TPSA) is 15.8 Å². The molecule has 1 heterocycles. The SMILES string of the molecule is CC1=c2[nH]c3c(C)cc(C)cc3c2=CC(C)C1. The fourth-order valence-electron chi connectivity index (χ4n) is 3.11. The number of aromatic amines is 1. The smallest absolute Gasteiger partial charge is 0.0494 e. The van der Waals surface area contributed by atoms with Crippen LogP contribution in [0.25, 0.3) is 22.6 Å². The van der Waals surface area contributed by atoms with Crippen LogP contribution in [0.15, 0.2) is 12.1 Å². The van der Waals surface area contributed by atoms with E-state index in [9.17, 15) is 0 Å². The van der Waals surface area contributed by atoms with Gasteiger partial charge in [0.2, 0.25) is 0 Å². The standard InChI is InChI=1S/C16H19N/c1-9-5-11(3)15-13(7-9)14-8-10(2)6-12(4)16(14)17-15/h5,7-8,10,17H,6H2,1-4H3. The molecule has 3 rings (SSSR count). The summed E-state index contributed by atoms with van der Waals surface area (Å²) in [7, 11) is 0. The van der Waals surface area contributed by atoms with Crippen LogP contribution in [0.5, 0.6) is 0 Å². The van der Waals surface area contributed by atoms with Crippen LogP contribution >= 0.6 is 0 Å². The van der Waals surface area contributed by atoms with Gasteiger partial charge in [0.25, 0.3) is 0 Å². The molecule has 1 atom stereocenters. The fraction of sp³-hybridized carbons (Fsp3) is 0.375. The minimum Gasteiger partial charge on any atom is -0.354 e. The third-order valence-corrected chi connectivity index (χ3v) is 3.80. The monoisotopic (exact) mass is 225 g/mol. The molecule has 2 aromatic rings. The molecule has 1 unspecified atom stereocenters.